The lowest BCUT2D eigenvalue weighted by Gasteiger charge is -1.89. The Labute approximate surface area is 73.1 Å². The molecule has 0 saturated heterocycles. The molecule has 0 aliphatic heterocycles. The maximum atomic E-state index is 10.5. The largest absolute Gasteiger partial charge is 0.477 e. The number of aromatic nitrogens is 2. The summed E-state index contributed by atoms with van der Waals surface area (Å²) in [6.45, 7) is 0. The number of nitrogens with zero attached hydrogens (tertiary/aromatic N) is 1. The van der Waals surface area contributed by atoms with Crippen molar-refractivity contribution in [3.8, 4) is 0 Å². The van der Waals surface area contributed by atoms with Crippen molar-refractivity contribution in [2.24, 2.45) is 5.73 Å². The maximum absolute atomic E-state index is 10.5. The highest BCUT2D eigenvalue weighted by Crippen LogP contribution is 2.06. The van der Waals surface area contributed by atoms with Gasteiger partial charge in [-0.25, -0.2) is 4.79 Å². The van der Waals surface area contributed by atoms with E-state index in [-0.39, 0.29) is 5.69 Å². The van der Waals surface area contributed by atoms with Gasteiger partial charge < -0.3 is 10.8 Å². The highest BCUT2D eigenvalue weighted by Gasteiger charge is 2.09. The van der Waals surface area contributed by atoms with Crippen molar-refractivity contribution in [2.45, 2.75) is 0 Å². The van der Waals surface area contributed by atoms with Crippen LogP contribution >= 0.6 is 0 Å². The van der Waals surface area contributed by atoms with E-state index in [0.717, 1.165) is 6.08 Å². The van der Waals surface area contributed by atoms with Crippen LogP contribution in [0.3, 0.4) is 0 Å². The van der Waals surface area contributed by atoms with E-state index >= 15 is 0 Å². The Morgan fingerprint density at radius 3 is 2.85 bits per heavy atom. The van der Waals surface area contributed by atoms with Crippen molar-refractivity contribution in [3.63, 3.8) is 0 Å². The fourth-order valence-corrected chi connectivity index (χ4v) is 0.765. The van der Waals surface area contributed by atoms with Gasteiger partial charge in [-0.2, -0.15) is 5.10 Å². The number of carbonyl (C=O) groups is 2. The maximum Gasteiger partial charge on any atom is 0.354 e. The summed E-state index contributed by atoms with van der Waals surface area (Å²) in [5, 5.41) is 14.4. The molecule has 0 atom stereocenters. The zero-order valence-corrected chi connectivity index (χ0v) is 6.52. The Kier molecular flexibility index (Phi) is 2.44. The van der Waals surface area contributed by atoms with Crippen LogP contribution in [0.25, 0.3) is 6.08 Å². The first kappa shape index (κ1) is 8.98. The molecule has 0 fully saturated rings. The lowest BCUT2D eigenvalue weighted by Crippen LogP contribution is -2.05. The van der Waals surface area contributed by atoms with Crippen LogP contribution < -0.4 is 5.73 Å². The highest BCUT2D eigenvalue weighted by molar-refractivity contribution is 5.94. The second-order valence-corrected chi connectivity index (χ2v) is 2.24. The number of carbonyl (C=O) groups excluding carboxylic acids is 1. The number of H-pyrrole nitrogens is 1. The third-order valence-electron chi connectivity index (χ3n) is 1.31. The quantitative estimate of drug-likeness (QED) is 0.551. The molecule has 6 heteroatoms. The second kappa shape index (κ2) is 3.53. The average Bonchev–Trinajstić information content (AvgIpc) is 2.47. The minimum Gasteiger partial charge on any atom is -0.477 e. The summed E-state index contributed by atoms with van der Waals surface area (Å²) in [7, 11) is 0. The van der Waals surface area contributed by atoms with Gasteiger partial charge in [0.2, 0.25) is 5.91 Å². The molecule has 6 nitrogen and oxygen atoms in total. The third-order valence-corrected chi connectivity index (χ3v) is 1.31. The number of nitrogens with two attached hydrogens (primary N) is 1. The van der Waals surface area contributed by atoms with E-state index in [1.165, 1.54) is 12.3 Å². The topological polar surface area (TPSA) is 109 Å². The first-order valence-corrected chi connectivity index (χ1v) is 3.35. The zero-order valence-electron chi connectivity index (χ0n) is 6.52. The number of hydrogen-bond acceptors (Lipinski definition) is 3. The summed E-state index contributed by atoms with van der Waals surface area (Å²) in [6, 6.07) is 0. The van der Waals surface area contributed by atoms with Crippen LogP contribution in [-0.2, 0) is 4.79 Å². The van der Waals surface area contributed by atoms with Crippen molar-refractivity contribution >= 4 is 18.0 Å². The van der Waals surface area contributed by atoms with Gasteiger partial charge in [0.25, 0.3) is 0 Å². The van der Waals surface area contributed by atoms with Crippen LogP contribution in [-0.4, -0.2) is 27.2 Å². The van der Waals surface area contributed by atoms with Crippen LogP contribution in [0.2, 0.25) is 0 Å². The molecule has 0 aromatic carbocycles. The van der Waals surface area contributed by atoms with Crippen LogP contribution in [0.1, 0.15) is 16.1 Å². The average molecular weight is 181 g/mol. The zero-order chi connectivity index (χ0) is 9.84. The van der Waals surface area contributed by atoms with Gasteiger partial charge in [-0.05, 0) is 6.08 Å². The van der Waals surface area contributed by atoms with Crippen molar-refractivity contribution in [2.75, 3.05) is 0 Å². The monoisotopic (exact) mass is 181 g/mol. The highest BCUT2D eigenvalue weighted by atomic mass is 16.4. The van der Waals surface area contributed by atoms with Gasteiger partial charge in [-0.15, -0.1) is 0 Å². The Morgan fingerprint density at radius 1 is 1.62 bits per heavy atom. The molecule has 0 unspecified atom stereocenters. The number of hydrogen-bond donors (Lipinski definition) is 3. The van der Waals surface area contributed by atoms with Gasteiger partial charge in [-0.3, -0.25) is 9.89 Å². The standard InChI is InChI=1S/C7H7N3O3/c8-5(11)2-1-4-3-9-10-6(4)7(12)13/h1-3H,(H2,8,11)(H,9,10)(H,12,13). The fourth-order valence-electron chi connectivity index (χ4n) is 0.765. The summed E-state index contributed by atoms with van der Waals surface area (Å²) in [5.41, 5.74) is 5.07. The van der Waals surface area contributed by atoms with Gasteiger partial charge in [0, 0.05) is 11.6 Å². The minimum absolute atomic E-state index is 0.0718. The molecule has 1 amide bonds. The summed E-state index contributed by atoms with van der Waals surface area (Å²) in [4.78, 5) is 20.8. The van der Waals surface area contributed by atoms with Gasteiger partial charge >= 0.3 is 5.97 Å². The lowest BCUT2D eigenvalue weighted by molar-refractivity contribution is -0.113. The molecule has 0 aliphatic rings. The summed E-state index contributed by atoms with van der Waals surface area (Å²) < 4.78 is 0. The van der Waals surface area contributed by atoms with E-state index in [1.807, 2.05) is 0 Å². The molecule has 1 heterocycles. The number of carboxylic acid groups (broad SMARTS) is 1. The predicted octanol–water partition coefficient (Wildman–Crippen LogP) is -0.394. The Morgan fingerprint density at radius 2 is 2.31 bits per heavy atom. The molecule has 68 valence electrons. The van der Waals surface area contributed by atoms with Gasteiger partial charge in [-0.1, -0.05) is 0 Å². The van der Waals surface area contributed by atoms with E-state index in [4.69, 9.17) is 10.8 Å². The van der Waals surface area contributed by atoms with E-state index in [1.54, 1.807) is 0 Å². The smallest absolute Gasteiger partial charge is 0.354 e. The van der Waals surface area contributed by atoms with Crippen molar-refractivity contribution in [1.82, 2.24) is 10.2 Å². The molecule has 0 bridgehead atoms. The number of nitrogens with one attached hydrogen (secondary N) is 1. The molecule has 1 aromatic heterocycles. The van der Waals surface area contributed by atoms with Gasteiger partial charge in [0.1, 0.15) is 0 Å². The SMILES string of the molecule is NC(=O)C=Cc1cn[nH]c1C(=O)O. The Bertz CT molecular complexity index is 367. The van der Waals surface area contributed by atoms with Crippen LogP contribution in [0.15, 0.2) is 12.3 Å². The molecule has 1 aromatic rings. The van der Waals surface area contributed by atoms with E-state index in [2.05, 4.69) is 10.2 Å². The van der Waals surface area contributed by atoms with Crippen LogP contribution in [0.4, 0.5) is 0 Å². The molecule has 0 aliphatic carbocycles. The molecular weight excluding hydrogens is 174 g/mol. The molecular formula is C7H7N3O3. The molecule has 0 saturated carbocycles. The summed E-state index contributed by atoms with van der Waals surface area (Å²) >= 11 is 0. The van der Waals surface area contributed by atoms with Crippen molar-refractivity contribution in [3.05, 3.63) is 23.5 Å². The summed E-state index contributed by atoms with van der Waals surface area (Å²) in [6.07, 6.45) is 3.65. The first-order chi connectivity index (χ1) is 6.11. The first-order valence-electron chi connectivity index (χ1n) is 3.35. The van der Waals surface area contributed by atoms with Gasteiger partial charge in [0.05, 0.1) is 6.20 Å². The van der Waals surface area contributed by atoms with Crippen molar-refractivity contribution in [1.29, 1.82) is 0 Å². The van der Waals surface area contributed by atoms with Gasteiger partial charge in [0.15, 0.2) is 5.69 Å². The number of aromatic carboxylic acids is 1. The number of rotatable bonds is 3. The third kappa shape index (κ3) is 2.16. The number of carboxylic acids is 1. The molecule has 4 N–H and O–H groups in total. The normalized spacial score (nSPS) is 10.5. The van der Waals surface area contributed by atoms with E-state index < -0.39 is 11.9 Å². The number of aromatic amines is 1. The molecule has 1 rings (SSSR count). The lowest BCUT2D eigenvalue weighted by atomic mass is 10.2. The fraction of sp³-hybridized carbons (Fsp3) is 0. The van der Waals surface area contributed by atoms with Crippen molar-refractivity contribution < 1.29 is 14.7 Å². The number of primary amides is 1. The minimum atomic E-state index is -1.14. The van der Waals surface area contributed by atoms with E-state index in [9.17, 15) is 9.59 Å². The molecule has 13 heavy (non-hydrogen) atoms. The predicted molar refractivity (Wildman–Crippen MR) is 43.8 cm³/mol. The van der Waals surface area contributed by atoms with Crippen LogP contribution in [0.5, 0.6) is 0 Å². The molecule has 0 radical (unpaired) electrons. The van der Waals surface area contributed by atoms with Crippen LogP contribution in [0, 0.1) is 0 Å². The second-order valence-electron chi connectivity index (χ2n) is 2.24. The van der Waals surface area contributed by atoms with E-state index in [0.29, 0.717) is 5.56 Å². The Balaban J connectivity index is 2.95. The number of amides is 1. The Hall–Kier alpha value is -2.11. The molecule has 0 spiro atoms. The summed E-state index contributed by atoms with van der Waals surface area (Å²) in [5.74, 6) is -1.78.